The van der Waals surface area contributed by atoms with Crippen molar-refractivity contribution in [1.82, 2.24) is 0 Å². The highest BCUT2D eigenvalue weighted by Gasteiger charge is 1.99. The quantitative estimate of drug-likeness (QED) is 0.404. The Morgan fingerprint density at radius 3 is 2.07 bits per heavy atom. The van der Waals surface area contributed by atoms with Crippen molar-refractivity contribution in [2.45, 2.75) is 19.2 Å². The molecule has 0 spiro atoms. The standard InChI is InChI=1S/C5H9BO2.C4H8O2/c1-2-3-4-5-6(7)8;1-2-4-6-5-3-1/h2-4,7-8H,1,5H2;1-4H2. The van der Waals surface area contributed by atoms with Crippen LogP contribution in [0.15, 0.2) is 24.8 Å². The van der Waals surface area contributed by atoms with Gasteiger partial charge >= 0.3 is 7.12 Å². The predicted molar refractivity (Wildman–Crippen MR) is 55.5 cm³/mol. The lowest BCUT2D eigenvalue weighted by molar-refractivity contribution is -0.312. The largest absolute Gasteiger partial charge is 0.455 e. The van der Waals surface area contributed by atoms with Crippen molar-refractivity contribution in [2.75, 3.05) is 13.2 Å². The second-order valence-corrected chi connectivity index (χ2v) is 2.73. The van der Waals surface area contributed by atoms with Gasteiger partial charge in [-0.1, -0.05) is 24.8 Å². The predicted octanol–water partition coefficient (Wildman–Crippen LogP) is 0.930. The molecule has 0 aliphatic carbocycles. The average Bonchev–Trinajstić information content (AvgIpc) is 2.21. The molecule has 2 N–H and O–H groups in total. The second-order valence-electron chi connectivity index (χ2n) is 2.73. The smallest absolute Gasteiger partial charge is 0.427 e. The first kappa shape index (κ1) is 13.4. The van der Waals surface area contributed by atoms with E-state index in [1.807, 2.05) is 0 Å². The van der Waals surface area contributed by atoms with Crippen LogP contribution in [0.3, 0.4) is 0 Å². The Balaban J connectivity index is 0.000000249. The van der Waals surface area contributed by atoms with E-state index in [4.69, 9.17) is 10.0 Å². The van der Waals surface area contributed by atoms with Crippen molar-refractivity contribution < 1.29 is 19.8 Å². The van der Waals surface area contributed by atoms with Gasteiger partial charge in [-0.25, -0.2) is 9.78 Å². The summed E-state index contributed by atoms with van der Waals surface area (Å²) in [5.41, 5.74) is 0. The number of rotatable bonds is 3. The van der Waals surface area contributed by atoms with E-state index in [1.54, 1.807) is 18.2 Å². The fourth-order valence-corrected chi connectivity index (χ4v) is 0.736. The molecule has 0 unspecified atom stereocenters. The molecule has 4 nitrogen and oxygen atoms in total. The van der Waals surface area contributed by atoms with Crippen LogP contribution < -0.4 is 0 Å². The van der Waals surface area contributed by atoms with Crippen LogP contribution in [-0.4, -0.2) is 30.4 Å². The summed E-state index contributed by atoms with van der Waals surface area (Å²) < 4.78 is 0. The van der Waals surface area contributed by atoms with Gasteiger partial charge in [0.2, 0.25) is 0 Å². The van der Waals surface area contributed by atoms with Gasteiger partial charge in [0, 0.05) is 6.32 Å². The minimum Gasteiger partial charge on any atom is -0.427 e. The Morgan fingerprint density at radius 1 is 1.21 bits per heavy atom. The fraction of sp³-hybridized carbons (Fsp3) is 0.556. The zero-order valence-electron chi connectivity index (χ0n) is 8.26. The Bertz CT molecular complexity index is 143. The average molecular weight is 200 g/mol. The van der Waals surface area contributed by atoms with E-state index in [1.165, 1.54) is 0 Å². The maximum atomic E-state index is 8.25. The summed E-state index contributed by atoms with van der Waals surface area (Å²) in [6.45, 7) is 4.96. The Morgan fingerprint density at radius 2 is 1.79 bits per heavy atom. The highest BCUT2D eigenvalue weighted by molar-refractivity contribution is 6.41. The van der Waals surface area contributed by atoms with Gasteiger partial charge < -0.3 is 10.0 Å². The van der Waals surface area contributed by atoms with Gasteiger partial charge in [0.25, 0.3) is 0 Å². The van der Waals surface area contributed by atoms with Crippen LogP contribution in [0.4, 0.5) is 0 Å². The van der Waals surface area contributed by atoms with Crippen LogP contribution in [0.25, 0.3) is 0 Å². The molecule has 0 atom stereocenters. The minimum atomic E-state index is -1.23. The summed E-state index contributed by atoms with van der Waals surface area (Å²) in [6, 6.07) is 0. The summed E-state index contributed by atoms with van der Waals surface area (Å²) in [5.74, 6) is 0. The maximum absolute atomic E-state index is 8.25. The normalized spacial score (nSPS) is 15.9. The van der Waals surface area contributed by atoms with Gasteiger partial charge in [0.1, 0.15) is 0 Å². The molecule has 0 saturated carbocycles. The van der Waals surface area contributed by atoms with Crippen molar-refractivity contribution in [1.29, 1.82) is 0 Å². The third kappa shape index (κ3) is 11.4. The molecule has 1 fully saturated rings. The molecule has 1 saturated heterocycles. The molecule has 0 bridgehead atoms. The van der Waals surface area contributed by atoms with Crippen LogP contribution in [-0.2, 0) is 9.78 Å². The number of hydrogen-bond donors (Lipinski definition) is 2. The van der Waals surface area contributed by atoms with Crippen molar-refractivity contribution in [3.05, 3.63) is 24.8 Å². The lowest BCUT2D eigenvalue weighted by Gasteiger charge is -2.07. The van der Waals surface area contributed by atoms with Crippen molar-refractivity contribution in [3.63, 3.8) is 0 Å². The maximum Gasteiger partial charge on any atom is 0.455 e. The van der Waals surface area contributed by atoms with Crippen LogP contribution in [0.5, 0.6) is 0 Å². The summed E-state index contributed by atoms with van der Waals surface area (Å²) in [6.07, 6.45) is 7.46. The molecule has 0 aromatic carbocycles. The Hall–Kier alpha value is -0.615. The van der Waals surface area contributed by atoms with Crippen LogP contribution in [0.1, 0.15) is 12.8 Å². The topological polar surface area (TPSA) is 58.9 Å². The van der Waals surface area contributed by atoms with Gasteiger partial charge in [0.15, 0.2) is 0 Å². The molecule has 1 heterocycles. The zero-order valence-corrected chi connectivity index (χ0v) is 8.26. The van der Waals surface area contributed by atoms with E-state index >= 15 is 0 Å². The van der Waals surface area contributed by atoms with Crippen LogP contribution in [0.2, 0.25) is 6.32 Å². The molecular weight excluding hydrogens is 183 g/mol. The Labute approximate surface area is 84.9 Å². The van der Waals surface area contributed by atoms with E-state index in [0.29, 0.717) is 0 Å². The van der Waals surface area contributed by atoms with Gasteiger partial charge in [0.05, 0.1) is 13.2 Å². The molecule has 0 aromatic rings. The highest BCUT2D eigenvalue weighted by atomic mass is 17.2. The zero-order chi connectivity index (χ0) is 10.6. The molecule has 1 aliphatic rings. The summed E-state index contributed by atoms with van der Waals surface area (Å²) >= 11 is 0. The van der Waals surface area contributed by atoms with Gasteiger partial charge in [-0.15, -0.1) is 0 Å². The van der Waals surface area contributed by atoms with Crippen molar-refractivity contribution in [2.24, 2.45) is 0 Å². The summed E-state index contributed by atoms with van der Waals surface area (Å²) in [4.78, 5) is 9.14. The molecule has 14 heavy (non-hydrogen) atoms. The SMILES string of the molecule is C1CCOOC1.C=CC=CCB(O)O. The van der Waals surface area contributed by atoms with E-state index < -0.39 is 7.12 Å². The molecule has 0 aromatic heterocycles. The van der Waals surface area contributed by atoms with Crippen LogP contribution in [0, 0.1) is 0 Å². The summed E-state index contributed by atoms with van der Waals surface area (Å²) in [5, 5.41) is 16.5. The van der Waals surface area contributed by atoms with Crippen molar-refractivity contribution >= 4 is 7.12 Å². The Kier molecular flexibility index (Phi) is 10.0. The monoisotopic (exact) mass is 200 g/mol. The van der Waals surface area contributed by atoms with E-state index in [2.05, 4.69) is 16.4 Å². The second kappa shape index (κ2) is 10.5. The molecule has 1 aliphatic heterocycles. The molecule has 0 amide bonds. The third-order valence-electron chi connectivity index (χ3n) is 1.41. The third-order valence-corrected chi connectivity index (χ3v) is 1.41. The lowest BCUT2D eigenvalue weighted by Crippen LogP contribution is -2.07. The first-order valence-corrected chi connectivity index (χ1v) is 4.65. The lowest BCUT2D eigenvalue weighted by atomic mass is 9.86. The van der Waals surface area contributed by atoms with Gasteiger partial charge in [-0.3, -0.25) is 0 Å². The minimum absolute atomic E-state index is 0.270. The van der Waals surface area contributed by atoms with E-state index in [0.717, 1.165) is 26.1 Å². The fourth-order valence-electron chi connectivity index (χ4n) is 0.736. The van der Waals surface area contributed by atoms with E-state index in [9.17, 15) is 0 Å². The first-order chi connectivity index (χ1) is 6.77. The number of hydrogen-bond acceptors (Lipinski definition) is 4. The molecule has 5 heteroatoms. The van der Waals surface area contributed by atoms with Gasteiger partial charge in [-0.05, 0) is 12.8 Å². The van der Waals surface area contributed by atoms with E-state index in [-0.39, 0.29) is 6.32 Å². The highest BCUT2D eigenvalue weighted by Crippen LogP contribution is 1.97. The number of allylic oxidation sites excluding steroid dienone is 3. The van der Waals surface area contributed by atoms with Crippen molar-refractivity contribution in [3.8, 4) is 0 Å². The molecular formula is C9H17BO4. The van der Waals surface area contributed by atoms with Crippen LogP contribution >= 0.6 is 0 Å². The molecule has 80 valence electrons. The molecule has 1 rings (SSSR count). The summed E-state index contributed by atoms with van der Waals surface area (Å²) in [7, 11) is -1.23. The van der Waals surface area contributed by atoms with Gasteiger partial charge in [-0.2, -0.15) is 0 Å². The molecule has 0 radical (unpaired) electrons. The first-order valence-electron chi connectivity index (χ1n) is 4.65.